The SMILES string of the molecule is COc1ccc(-c2nn(C3CCNCC3)c3c2CNCC3)cc1. The Kier molecular flexibility index (Phi) is 4.06. The minimum Gasteiger partial charge on any atom is -0.497 e. The summed E-state index contributed by atoms with van der Waals surface area (Å²) in [5.74, 6) is 0.888. The fourth-order valence-electron chi connectivity index (χ4n) is 3.71. The second-order valence-electron chi connectivity index (χ2n) is 6.35. The van der Waals surface area contributed by atoms with E-state index in [1.165, 1.54) is 29.7 Å². The zero-order valence-electron chi connectivity index (χ0n) is 13.6. The van der Waals surface area contributed by atoms with Crippen LogP contribution in [0.15, 0.2) is 24.3 Å². The number of rotatable bonds is 3. The summed E-state index contributed by atoms with van der Waals surface area (Å²) in [5, 5.41) is 12.0. The molecular formula is C18H24N4O. The topological polar surface area (TPSA) is 51.1 Å². The van der Waals surface area contributed by atoms with Crippen LogP contribution in [0.1, 0.15) is 30.1 Å². The minimum atomic E-state index is 0.537. The van der Waals surface area contributed by atoms with E-state index in [0.717, 1.165) is 44.0 Å². The highest BCUT2D eigenvalue weighted by Gasteiger charge is 2.26. The molecule has 1 aromatic carbocycles. The summed E-state index contributed by atoms with van der Waals surface area (Å²) in [6, 6.07) is 8.80. The van der Waals surface area contributed by atoms with Crippen LogP contribution in [0.3, 0.4) is 0 Å². The van der Waals surface area contributed by atoms with Gasteiger partial charge in [0.2, 0.25) is 0 Å². The summed E-state index contributed by atoms with van der Waals surface area (Å²) in [6.45, 7) is 4.15. The second kappa shape index (κ2) is 6.34. The average molecular weight is 312 g/mol. The molecule has 0 amide bonds. The van der Waals surface area contributed by atoms with E-state index in [9.17, 15) is 0 Å². The molecule has 1 fully saturated rings. The molecule has 122 valence electrons. The third-order valence-electron chi connectivity index (χ3n) is 4.98. The number of aromatic nitrogens is 2. The number of nitrogens with one attached hydrogen (secondary N) is 2. The van der Waals surface area contributed by atoms with Gasteiger partial charge in [0.1, 0.15) is 5.75 Å². The first kappa shape index (κ1) is 14.7. The summed E-state index contributed by atoms with van der Waals surface area (Å²) < 4.78 is 7.60. The maximum absolute atomic E-state index is 5.27. The van der Waals surface area contributed by atoms with Crippen molar-refractivity contribution in [3.63, 3.8) is 0 Å². The molecule has 0 atom stereocenters. The zero-order valence-corrected chi connectivity index (χ0v) is 13.6. The number of methoxy groups -OCH3 is 1. The molecule has 0 radical (unpaired) electrons. The number of hydrogen-bond acceptors (Lipinski definition) is 4. The number of fused-ring (bicyclic) bond motifs is 1. The van der Waals surface area contributed by atoms with Crippen LogP contribution < -0.4 is 15.4 Å². The molecule has 3 heterocycles. The molecule has 2 aliphatic heterocycles. The standard InChI is InChI=1S/C18H24N4O/c1-23-15-4-2-13(3-5-15)18-16-12-20-11-8-17(16)22(21-18)14-6-9-19-10-7-14/h2-5,14,19-20H,6-12H2,1H3. The largest absolute Gasteiger partial charge is 0.497 e. The van der Waals surface area contributed by atoms with Crippen LogP contribution in [0, 0.1) is 0 Å². The Hall–Kier alpha value is -1.85. The van der Waals surface area contributed by atoms with Crippen molar-refractivity contribution < 1.29 is 4.74 Å². The minimum absolute atomic E-state index is 0.537. The molecule has 0 bridgehead atoms. The first-order valence-electron chi connectivity index (χ1n) is 8.53. The molecule has 0 saturated carbocycles. The van der Waals surface area contributed by atoms with E-state index >= 15 is 0 Å². The Balaban J connectivity index is 1.75. The third-order valence-corrected chi connectivity index (χ3v) is 4.98. The average Bonchev–Trinajstić information content (AvgIpc) is 3.02. The van der Waals surface area contributed by atoms with Crippen LogP contribution >= 0.6 is 0 Å². The Morgan fingerprint density at radius 1 is 1.09 bits per heavy atom. The van der Waals surface area contributed by atoms with Crippen molar-refractivity contribution in [2.24, 2.45) is 0 Å². The Morgan fingerprint density at radius 2 is 1.87 bits per heavy atom. The summed E-state index contributed by atoms with van der Waals surface area (Å²) in [4.78, 5) is 0. The molecule has 5 heteroatoms. The Labute approximate surface area is 137 Å². The Bertz CT molecular complexity index is 671. The molecule has 1 aromatic heterocycles. The first-order valence-corrected chi connectivity index (χ1v) is 8.53. The molecule has 1 saturated heterocycles. The summed E-state index contributed by atoms with van der Waals surface area (Å²) in [5.41, 5.74) is 5.12. The lowest BCUT2D eigenvalue weighted by Crippen LogP contribution is -2.32. The van der Waals surface area contributed by atoms with Crippen molar-refractivity contribution in [2.75, 3.05) is 26.7 Å². The normalized spacial score (nSPS) is 18.7. The molecule has 0 unspecified atom stereocenters. The molecule has 4 rings (SSSR count). The lowest BCUT2D eigenvalue weighted by molar-refractivity contribution is 0.333. The van der Waals surface area contributed by atoms with E-state index in [-0.39, 0.29) is 0 Å². The molecule has 0 spiro atoms. The highest BCUT2D eigenvalue weighted by Crippen LogP contribution is 2.32. The van der Waals surface area contributed by atoms with E-state index in [1.807, 2.05) is 12.1 Å². The van der Waals surface area contributed by atoms with Gasteiger partial charge in [-0.3, -0.25) is 4.68 Å². The molecule has 2 aromatic rings. The van der Waals surface area contributed by atoms with Crippen LogP contribution in [-0.2, 0) is 13.0 Å². The number of hydrogen-bond donors (Lipinski definition) is 2. The monoisotopic (exact) mass is 312 g/mol. The fourth-order valence-corrected chi connectivity index (χ4v) is 3.71. The van der Waals surface area contributed by atoms with Crippen molar-refractivity contribution in [3.8, 4) is 17.0 Å². The fraction of sp³-hybridized carbons (Fsp3) is 0.500. The molecule has 5 nitrogen and oxygen atoms in total. The van der Waals surface area contributed by atoms with Crippen molar-refractivity contribution in [1.29, 1.82) is 0 Å². The van der Waals surface area contributed by atoms with Gasteiger partial charge in [0.05, 0.1) is 18.8 Å². The van der Waals surface area contributed by atoms with Crippen molar-refractivity contribution in [2.45, 2.75) is 31.8 Å². The summed E-state index contributed by atoms with van der Waals surface area (Å²) in [6.07, 6.45) is 3.41. The highest BCUT2D eigenvalue weighted by molar-refractivity contribution is 5.65. The van der Waals surface area contributed by atoms with Crippen LogP contribution in [-0.4, -0.2) is 36.5 Å². The Morgan fingerprint density at radius 3 is 2.61 bits per heavy atom. The lowest BCUT2D eigenvalue weighted by Gasteiger charge is -2.26. The van der Waals surface area contributed by atoms with Crippen molar-refractivity contribution >= 4 is 0 Å². The molecule has 2 aliphatic rings. The maximum Gasteiger partial charge on any atom is 0.118 e. The van der Waals surface area contributed by atoms with Gasteiger partial charge in [0.15, 0.2) is 0 Å². The van der Waals surface area contributed by atoms with Crippen molar-refractivity contribution in [3.05, 3.63) is 35.5 Å². The van der Waals surface area contributed by atoms with Crippen LogP contribution in [0.25, 0.3) is 11.3 Å². The van der Waals surface area contributed by atoms with E-state index in [2.05, 4.69) is 27.4 Å². The van der Waals surface area contributed by atoms with Gasteiger partial charge in [-0.25, -0.2) is 0 Å². The van der Waals surface area contributed by atoms with E-state index in [1.54, 1.807) is 7.11 Å². The van der Waals surface area contributed by atoms with Crippen LogP contribution in [0.4, 0.5) is 0 Å². The number of benzene rings is 1. The molecule has 23 heavy (non-hydrogen) atoms. The van der Waals surface area contributed by atoms with Gasteiger partial charge in [-0.1, -0.05) is 0 Å². The van der Waals surface area contributed by atoms with Crippen molar-refractivity contribution in [1.82, 2.24) is 20.4 Å². The number of ether oxygens (including phenoxy) is 1. The second-order valence-corrected chi connectivity index (χ2v) is 6.35. The predicted molar refractivity (Wildman–Crippen MR) is 90.8 cm³/mol. The third kappa shape index (κ3) is 2.75. The smallest absolute Gasteiger partial charge is 0.118 e. The van der Waals surface area contributed by atoms with Gasteiger partial charge in [0.25, 0.3) is 0 Å². The first-order chi connectivity index (χ1) is 11.4. The predicted octanol–water partition coefficient (Wildman–Crippen LogP) is 2.13. The molecule has 0 aliphatic carbocycles. The van der Waals surface area contributed by atoms with Gasteiger partial charge in [-0.15, -0.1) is 0 Å². The van der Waals surface area contributed by atoms with Gasteiger partial charge < -0.3 is 15.4 Å². The van der Waals surface area contributed by atoms with Gasteiger partial charge >= 0.3 is 0 Å². The van der Waals surface area contributed by atoms with E-state index in [4.69, 9.17) is 9.84 Å². The van der Waals surface area contributed by atoms with E-state index < -0.39 is 0 Å². The molecule has 2 N–H and O–H groups in total. The zero-order chi connectivity index (χ0) is 15.6. The number of piperidine rings is 1. The van der Waals surface area contributed by atoms with E-state index in [0.29, 0.717) is 6.04 Å². The number of nitrogens with zero attached hydrogens (tertiary/aromatic N) is 2. The van der Waals surface area contributed by atoms with Gasteiger partial charge in [-0.2, -0.15) is 5.10 Å². The van der Waals surface area contributed by atoms with Crippen LogP contribution in [0.2, 0.25) is 0 Å². The summed E-state index contributed by atoms with van der Waals surface area (Å²) in [7, 11) is 1.70. The highest BCUT2D eigenvalue weighted by atomic mass is 16.5. The maximum atomic E-state index is 5.27. The van der Waals surface area contributed by atoms with Gasteiger partial charge in [0, 0.05) is 36.3 Å². The van der Waals surface area contributed by atoms with Crippen LogP contribution in [0.5, 0.6) is 5.75 Å². The lowest BCUT2D eigenvalue weighted by atomic mass is 10.0. The summed E-state index contributed by atoms with van der Waals surface area (Å²) >= 11 is 0. The molecular weight excluding hydrogens is 288 g/mol. The quantitative estimate of drug-likeness (QED) is 0.911. The van der Waals surface area contributed by atoms with Gasteiger partial charge in [-0.05, 0) is 50.2 Å².